The van der Waals surface area contributed by atoms with Crippen LogP contribution in [0.15, 0.2) is 108 Å². The van der Waals surface area contributed by atoms with Gasteiger partial charge >= 0.3 is 0 Å². The van der Waals surface area contributed by atoms with Crippen LogP contribution in [0.25, 0.3) is 60.6 Å². The van der Waals surface area contributed by atoms with E-state index in [0.717, 1.165) is 55.2 Å². The molecule has 0 fully saturated rings. The van der Waals surface area contributed by atoms with Crippen molar-refractivity contribution < 1.29 is 4.42 Å². The molecule has 0 aliphatic carbocycles. The number of para-hydroxylation sites is 1. The van der Waals surface area contributed by atoms with Gasteiger partial charge in [-0.3, -0.25) is 0 Å². The van der Waals surface area contributed by atoms with Crippen LogP contribution in [0, 0.1) is 0 Å². The van der Waals surface area contributed by atoms with Gasteiger partial charge in [0.15, 0.2) is 0 Å². The molecule has 7 rings (SSSR count). The van der Waals surface area contributed by atoms with Crippen molar-refractivity contribution in [1.82, 2.24) is 15.0 Å². The summed E-state index contributed by atoms with van der Waals surface area (Å²) in [7, 11) is 0. The first-order chi connectivity index (χ1) is 15.8. The zero-order valence-electron chi connectivity index (χ0n) is 17.1. The van der Waals surface area contributed by atoms with Crippen molar-refractivity contribution in [1.29, 1.82) is 0 Å². The lowest BCUT2D eigenvalue weighted by Gasteiger charge is -2.01. The van der Waals surface area contributed by atoms with Crippen molar-refractivity contribution in [2.75, 3.05) is 0 Å². The van der Waals surface area contributed by atoms with E-state index >= 15 is 0 Å². The van der Waals surface area contributed by atoms with Crippen molar-refractivity contribution in [3.05, 3.63) is 103 Å². The molecular weight excluding hydrogens is 394 g/mol. The fourth-order valence-electron chi connectivity index (χ4n) is 4.45. The highest BCUT2D eigenvalue weighted by atomic mass is 16.3. The highest BCUT2D eigenvalue weighted by Gasteiger charge is 2.12. The quantitative estimate of drug-likeness (QED) is 0.304. The Morgan fingerprint density at radius 2 is 1.34 bits per heavy atom. The number of nitrogens with zero attached hydrogens (tertiary/aromatic N) is 3. The van der Waals surface area contributed by atoms with Crippen LogP contribution >= 0.6 is 0 Å². The van der Waals surface area contributed by atoms with Crippen LogP contribution in [0.5, 0.6) is 0 Å². The van der Waals surface area contributed by atoms with Crippen LogP contribution in [-0.4, -0.2) is 15.0 Å². The molecule has 4 nitrogen and oxygen atoms in total. The summed E-state index contributed by atoms with van der Waals surface area (Å²) in [6.07, 6.45) is 0. The molecule has 0 radical (unpaired) electrons. The number of hydrogen-bond donors (Lipinski definition) is 0. The van der Waals surface area contributed by atoms with Gasteiger partial charge in [0.1, 0.15) is 22.2 Å². The Labute approximate surface area is 183 Å². The molecule has 5 aromatic carbocycles. The molecular formula is C28H17N3O. The molecule has 0 unspecified atom stereocenters. The van der Waals surface area contributed by atoms with Gasteiger partial charge in [-0.05, 0) is 59.0 Å². The molecule has 0 N–H and O–H groups in total. The van der Waals surface area contributed by atoms with Crippen molar-refractivity contribution >= 4 is 43.7 Å². The molecule has 0 bridgehead atoms. The maximum absolute atomic E-state index is 6.25. The SMILES string of the molecule is c1ccc(-n2nc3ccc(-c4ccc5oc6c7ccccc7ccc6c5c4)cc3n2)cc1. The fourth-order valence-corrected chi connectivity index (χ4v) is 4.45. The summed E-state index contributed by atoms with van der Waals surface area (Å²) in [5, 5.41) is 13.9. The fraction of sp³-hybridized carbons (Fsp3) is 0. The van der Waals surface area contributed by atoms with E-state index in [9.17, 15) is 0 Å². The Bertz CT molecular complexity index is 1780. The van der Waals surface area contributed by atoms with E-state index in [-0.39, 0.29) is 0 Å². The Morgan fingerprint density at radius 1 is 0.562 bits per heavy atom. The van der Waals surface area contributed by atoms with Crippen molar-refractivity contribution in [2.45, 2.75) is 0 Å². The second kappa shape index (κ2) is 6.53. The first-order valence-electron chi connectivity index (χ1n) is 10.6. The highest BCUT2D eigenvalue weighted by Crippen LogP contribution is 2.36. The van der Waals surface area contributed by atoms with Gasteiger partial charge in [0.05, 0.1) is 5.69 Å². The molecule has 0 saturated heterocycles. The van der Waals surface area contributed by atoms with Crippen LogP contribution in [0.1, 0.15) is 0 Å². The third-order valence-electron chi connectivity index (χ3n) is 6.06. The van der Waals surface area contributed by atoms with E-state index in [0.29, 0.717) is 0 Å². The van der Waals surface area contributed by atoms with Gasteiger partial charge in [-0.25, -0.2) is 0 Å². The molecule has 4 heteroatoms. The number of rotatable bonds is 2. The van der Waals surface area contributed by atoms with Crippen LogP contribution in [0.4, 0.5) is 0 Å². The Morgan fingerprint density at radius 3 is 2.28 bits per heavy atom. The Hall–Kier alpha value is -4.44. The van der Waals surface area contributed by atoms with E-state index in [1.807, 2.05) is 36.4 Å². The molecule has 0 atom stereocenters. The predicted octanol–water partition coefficient (Wildman–Crippen LogP) is 7.14. The largest absolute Gasteiger partial charge is 0.455 e. The molecule has 0 spiro atoms. The minimum Gasteiger partial charge on any atom is -0.455 e. The monoisotopic (exact) mass is 411 g/mol. The van der Waals surface area contributed by atoms with Crippen molar-refractivity contribution in [2.24, 2.45) is 0 Å². The molecule has 0 aliphatic rings. The number of fused-ring (bicyclic) bond motifs is 6. The number of furan rings is 1. The maximum Gasteiger partial charge on any atom is 0.143 e. The molecule has 0 aliphatic heterocycles. The van der Waals surface area contributed by atoms with Crippen LogP contribution in [0.2, 0.25) is 0 Å². The Balaban J connectivity index is 1.38. The van der Waals surface area contributed by atoms with E-state index in [4.69, 9.17) is 9.52 Å². The zero-order valence-corrected chi connectivity index (χ0v) is 17.1. The van der Waals surface area contributed by atoms with E-state index in [2.05, 4.69) is 71.8 Å². The lowest BCUT2D eigenvalue weighted by molar-refractivity contribution is 0.672. The Kier molecular flexibility index (Phi) is 3.52. The first kappa shape index (κ1) is 17.3. The molecule has 7 aromatic rings. The minimum atomic E-state index is 0.870. The van der Waals surface area contributed by atoms with E-state index < -0.39 is 0 Å². The van der Waals surface area contributed by atoms with Crippen LogP contribution in [0.3, 0.4) is 0 Å². The summed E-state index contributed by atoms with van der Waals surface area (Å²) in [4.78, 5) is 1.69. The molecule has 150 valence electrons. The zero-order chi connectivity index (χ0) is 21.1. The lowest BCUT2D eigenvalue weighted by Crippen LogP contribution is -1.97. The van der Waals surface area contributed by atoms with Gasteiger partial charge in [0.25, 0.3) is 0 Å². The molecule has 0 saturated carbocycles. The average molecular weight is 411 g/mol. The van der Waals surface area contributed by atoms with Crippen LogP contribution < -0.4 is 0 Å². The third kappa shape index (κ3) is 2.56. The third-order valence-corrected chi connectivity index (χ3v) is 6.06. The maximum atomic E-state index is 6.25. The normalized spacial score (nSPS) is 11.8. The number of aromatic nitrogens is 3. The molecule has 32 heavy (non-hydrogen) atoms. The number of hydrogen-bond acceptors (Lipinski definition) is 3. The summed E-state index contributed by atoms with van der Waals surface area (Å²) in [5.41, 5.74) is 6.77. The van der Waals surface area contributed by atoms with Gasteiger partial charge in [-0.1, -0.05) is 60.7 Å². The summed E-state index contributed by atoms with van der Waals surface area (Å²) in [6, 6.07) is 35.2. The number of benzene rings is 5. The van der Waals surface area contributed by atoms with Gasteiger partial charge in [0.2, 0.25) is 0 Å². The van der Waals surface area contributed by atoms with Gasteiger partial charge < -0.3 is 4.42 Å². The molecule has 2 heterocycles. The minimum absolute atomic E-state index is 0.870. The van der Waals surface area contributed by atoms with E-state index in [1.54, 1.807) is 4.80 Å². The van der Waals surface area contributed by atoms with E-state index in [1.165, 1.54) is 5.39 Å². The van der Waals surface area contributed by atoms with Crippen LogP contribution in [-0.2, 0) is 0 Å². The topological polar surface area (TPSA) is 43.9 Å². The van der Waals surface area contributed by atoms with Gasteiger partial charge in [-0.2, -0.15) is 4.80 Å². The van der Waals surface area contributed by atoms with Crippen molar-refractivity contribution in [3.8, 4) is 16.8 Å². The predicted molar refractivity (Wildman–Crippen MR) is 129 cm³/mol. The molecule has 2 aromatic heterocycles. The summed E-state index contributed by atoms with van der Waals surface area (Å²) in [6.45, 7) is 0. The standard InChI is InChI=1S/C28H17N3O/c1-2-7-21(8-3-1)31-29-25-14-11-20(17-26(25)30-31)19-12-15-27-24(16-19)23-13-10-18-6-4-5-9-22(18)28(23)32-27/h1-17H. The first-order valence-corrected chi connectivity index (χ1v) is 10.6. The second-order valence-corrected chi connectivity index (χ2v) is 8.00. The summed E-state index contributed by atoms with van der Waals surface area (Å²) < 4.78 is 6.25. The average Bonchev–Trinajstić information content (AvgIpc) is 3.45. The van der Waals surface area contributed by atoms with Crippen molar-refractivity contribution in [3.63, 3.8) is 0 Å². The summed E-state index contributed by atoms with van der Waals surface area (Å²) >= 11 is 0. The highest BCUT2D eigenvalue weighted by molar-refractivity contribution is 6.15. The van der Waals surface area contributed by atoms with Gasteiger partial charge in [0, 0.05) is 16.2 Å². The second-order valence-electron chi connectivity index (χ2n) is 8.00. The van der Waals surface area contributed by atoms with Gasteiger partial charge in [-0.15, -0.1) is 10.2 Å². The molecule has 0 amide bonds. The smallest absolute Gasteiger partial charge is 0.143 e. The summed E-state index contributed by atoms with van der Waals surface area (Å²) in [5.74, 6) is 0. The lowest BCUT2D eigenvalue weighted by atomic mass is 10.0.